The summed E-state index contributed by atoms with van der Waals surface area (Å²) >= 11 is 0. The van der Waals surface area contributed by atoms with E-state index in [2.05, 4.69) is 11.6 Å². The van der Waals surface area contributed by atoms with Crippen molar-refractivity contribution in [3.63, 3.8) is 0 Å². The molecule has 6 heteroatoms. The SMILES string of the molecule is CCCCC(NS(=O)(=O)c1ccc(C)cc1)c1ccc2c(c1)OCO2. The molecule has 2 aromatic rings. The predicted molar refractivity (Wildman–Crippen MR) is 96.3 cm³/mol. The highest BCUT2D eigenvalue weighted by Gasteiger charge is 2.23. The zero-order valence-electron chi connectivity index (χ0n) is 14.5. The first-order chi connectivity index (χ1) is 12.0. The van der Waals surface area contributed by atoms with E-state index in [-0.39, 0.29) is 17.7 Å². The number of unbranched alkanes of at least 4 members (excludes halogenated alkanes) is 1. The van der Waals surface area contributed by atoms with Gasteiger partial charge in [0, 0.05) is 6.04 Å². The Kier molecular flexibility index (Phi) is 5.30. The maximum Gasteiger partial charge on any atom is 0.241 e. The molecule has 0 aromatic heterocycles. The third-order valence-electron chi connectivity index (χ3n) is 4.27. The summed E-state index contributed by atoms with van der Waals surface area (Å²) in [6.07, 6.45) is 2.64. The zero-order valence-corrected chi connectivity index (χ0v) is 15.3. The van der Waals surface area contributed by atoms with Crippen LogP contribution in [0.1, 0.15) is 43.4 Å². The molecule has 5 nitrogen and oxygen atoms in total. The number of fused-ring (bicyclic) bond motifs is 1. The van der Waals surface area contributed by atoms with Gasteiger partial charge in [-0.05, 0) is 43.2 Å². The van der Waals surface area contributed by atoms with E-state index in [9.17, 15) is 8.42 Å². The van der Waals surface area contributed by atoms with Gasteiger partial charge in [-0.25, -0.2) is 13.1 Å². The van der Waals surface area contributed by atoms with E-state index >= 15 is 0 Å². The molecule has 1 aliphatic rings. The molecule has 1 N–H and O–H groups in total. The fourth-order valence-corrected chi connectivity index (χ4v) is 4.06. The summed E-state index contributed by atoms with van der Waals surface area (Å²) in [6, 6.07) is 12.2. The standard InChI is InChI=1S/C19H23NO4S/c1-3-4-5-17(15-8-11-18-19(12-15)24-13-23-18)20-25(21,22)16-9-6-14(2)7-10-16/h6-12,17,20H,3-5,13H2,1-2H3. The van der Waals surface area contributed by atoms with Crippen molar-refractivity contribution < 1.29 is 17.9 Å². The Bertz CT molecular complexity index is 831. The summed E-state index contributed by atoms with van der Waals surface area (Å²) in [5.74, 6) is 1.35. The first-order valence-corrected chi connectivity index (χ1v) is 9.96. The fraction of sp³-hybridized carbons (Fsp3) is 0.368. The Morgan fingerprint density at radius 1 is 1.08 bits per heavy atom. The Morgan fingerprint density at radius 2 is 1.80 bits per heavy atom. The molecule has 0 fully saturated rings. The van der Waals surface area contributed by atoms with Gasteiger partial charge in [0.25, 0.3) is 0 Å². The van der Waals surface area contributed by atoms with Gasteiger partial charge in [0.1, 0.15) is 0 Å². The van der Waals surface area contributed by atoms with Crippen molar-refractivity contribution in [3.8, 4) is 11.5 Å². The second-order valence-electron chi connectivity index (χ2n) is 6.24. The highest BCUT2D eigenvalue weighted by atomic mass is 32.2. The van der Waals surface area contributed by atoms with Gasteiger partial charge < -0.3 is 9.47 Å². The first kappa shape index (κ1) is 17.8. The lowest BCUT2D eigenvalue weighted by Gasteiger charge is -2.19. The average Bonchev–Trinajstić information content (AvgIpc) is 3.06. The smallest absolute Gasteiger partial charge is 0.241 e. The molecule has 0 amide bonds. The summed E-state index contributed by atoms with van der Waals surface area (Å²) in [5.41, 5.74) is 1.91. The van der Waals surface area contributed by atoms with Crippen molar-refractivity contribution in [3.05, 3.63) is 53.6 Å². The summed E-state index contributed by atoms with van der Waals surface area (Å²) in [7, 11) is -3.59. The number of hydrogen-bond acceptors (Lipinski definition) is 4. The molecule has 3 rings (SSSR count). The summed E-state index contributed by atoms with van der Waals surface area (Å²) in [6.45, 7) is 4.22. The van der Waals surface area contributed by atoms with Crippen LogP contribution >= 0.6 is 0 Å². The lowest BCUT2D eigenvalue weighted by atomic mass is 10.0. The topological polar surface area (TPSA) is 64.6 Å². The second-order valence-corrected chi connectivity index (χ2v) is 7.96. The molecule has 0 radical (unpaired) electrons. The van der Waals surface area contributed by atoms with E-state index < -0.39 is 10.0 Å². The maximum absolute atomic E-state index is 12.8. The van der Waals surface area contributed by atoms with E-state index in [0.29, 0.717) is 11.5 Å². The molecule has 25 heavy (non-hydrogen) atoms. The van der Waals surface area contributed by atoms with E-state index in [1.807, 2.05) is 25.1 Å². The van der Waals surface area contributed by atoms with Crippen molar-refractivity contribution in [1.29, 1.82) is 0 Å². The minimum absolute atomic E-state index is 0.202. The number of hydrogen-bond donors (Lipinski definition) is 1. The van der Waals surface area contributed by atoms with Gasteiger partial charge in [0.05, 0.1) is 4.90 Å². The third-order valence-corrected chi connectivity index (χ3v) is 5.76. The highest BCUT2D eigenvalue weighted by molar-refractivity contribution is 7.89. The first-order valence-electron chi connectivity index (χ1n) is 8.48. The Morgan fingerprint density at radius 3 is 2.52 bits per heavy atom. The molecule has 0 spiro atoms. The predicted octanol–water partition coefficient (Wildman–Crippen LogP) is 3.93. The van der Waals surface area contributed by atoms with Gasteiger partial charge in [-0.15, -0.1) is 0 Å². The Hall–Kier alpha value is -2.05. The molecule has 1 atom stereocenters. The highest BCUT2D eigenvalue weighted by Crippen LogP contribution is 2.35. The fourth-order valence-electron chi connectivity index (χ4n) is 2.80. The van der Waals surface area contributed by atoms with Gasteiger partial charge in [0.15, 0.2) is 11.5 Å². The van der Waals surface area contributed by atoms with E-state index in [1.54, 1.807) is 24.3 Å². The maximum atomic E-state index is 12.8. The van der Waals surface area contributed by atoms with Crippen LogP contribution < -0.4 is 14.2 Å². The second kappa shape index (κ2) is 7.45. The lowest BCUT2D eigenvalue weighted by Crippen LogP contribution is -2.28. The Balaban J connectivity index is 1.86. The van der Waals surface area contributed by atoms with Crippen LogP contribution in [0.4, 0.5) is 0 Å². The summed E-state index contributed by atoms with van der Waals surface area (Å²) < 4.78 is 39.1. The van der Waals surface area contributed by atoms with Crippen LogP contribution in [0, 0.1) is 6.92 Å². The number of aryl methyl sites for hydroxylation is 1. The van der Waals surface area contributed by atoms with Crippen molar-refractivity contribution in [1.82, 2.24) is 4.72 Å². The van der Waals surface area contributed by atoms with Gasteiger partial charge >= 0.3 is 0 Å². The number of benzene rings is 2. The largest absolute Gasteiger partial charge is 0.454 e. The molecule has 1 heterocycles. The van der Waals surface area contributed by atoms with Crippen LogP contribution in [0.5, 0.6) is 11.5 Å². The average molecular weight is 361 g/mol. The molecule has 1 aliphatic heterocycles. The third kappa shape index (κ3) is 4.14. The molecular weight excluding hydrogens is 338 g/mol. The minimum atomic E-state index is -3.59. The Labute approximate surface area is 149 Å². The van der Waals surface area contributed by atoms with Crippen LogP contribution in [-0.2, 0) is 10.0 Å². The summed E-state index contributed by atoms with van der Waals surface area (Å²) in [4.78, 5) is 0.278. The van der Waals surface area contributed by atoms with Gasteiger partial charge in [0.2, 0.25) is 16.8 Å². The van der Waals surface area contributed by atoms with Crippen molar-refractivity contribution in [2.75, 3.05) is 6.79 Å². The van der Waals surface area contributed by atoms with Gasteiger partial charge in [-0.2, -0.15) is 0 Å². The number of rotatable bonds is 7. The van der Waals surface area contributed by atoms with Gasteiger partial charge in [-0.3, -0.25) is 0 Å². The lowest BCUT2D eigenvalue weighted by molar-refractivity contribution is 0.174. The van der Waals surface area contributed by atoms with Crippen molar-refractivity contribution in [2.45, 2.75) is 44.0 Å². The van der Waals surface area contributed by atoms with Crippen LogP contribution in [0.3, 0.4) is 0 Å². The normalized spacial score (nSPS) is 14.5. The minimum Gasteiger partial charge on any atom is -0.454 e. The quantitative estimate of drug-likeness (QED) is 0.811. The molecule has 1 unspecified atom stereocenters. The van der Waals surface area contributed by atoms with E-state index in [1.165, 1.54) is 0 Å². The van der Waals surface area contributed by atoms with Crippen LogP contribution in [0.15, 0.2) is 47.4 Å². The number of nitrogens with one attached hydrogen (secondary N) is 1. The van der Waals surface area contributed by atoms with E-state index in [4.69, 9.17) is 9.47 Å². The zero-order chi connectivity index (χ0) is 17.9. The van der Waals surface area contributed by atoms with Crippen LogP contribution in [0.2, 0.25) is 0 Å². The monoisotopic (exact) mass is 361 g/mol. The van der Waals surface area contributed by atoms with Crippen LogP contribution in [-0.4, -0.2) is 15.2 Å². The van der Waals surface area contributed by atoms with Crippen molar-refractivity contribution in [2.24, 2.45) is 0 Å². The number of sulfonamides is 1. The van der Waals surface area contributed by atoms with Gasteiger partial charge in [-0.1, -0.05) is 43.5 Å². The summed E-state index contributed by atoms with van der Waals surface area (Å²) in [5, 5.41) is 0. The molecule has 2 aromatic carbocycles. The number of ether oxygens (including phenoxy) is 2. The molecular formula is C19H23NO4S. The molecule has 0 bridgehead atoms. The molecule has 134 valence electrons. The van der Waals surface area contributed by atoms with Crippen LogP contribution in [0.25, 0.3) is 0 Å². The molecule has 0 saturated carbocycles. The molecule has 0 saturated heterocycles. The van der Waals surface area contributed by atoms with Crippen molar-refractivity contribution >= 4 is 10.0 Å². The van der Waals surface area contributed by atoms with E-state index in [0.717, 1.165) is 30.4 Å². The molecule has 0 aliphatic carbocycles.